The summed E-state index contributed by atoms with van der Waals surface area (Å²) < 4.78 is 7.75. The van der Waals surface area contributed by atoms with Crippen LogP contribution in [-0.2, 0) is 24.2 Å². The van der Waals surface area contributed by atoms with Crippen LogP contribution in [0.5, 0.6) is 5.75 Å². The highest BCUT2D eigenvalue weighted by Crippen LogP contribution is 2.33. The van der Waals surface area contributed by atoms with Crippen molar-refractivity contribution >= 4 is 28.8 Å². The number of benzene rings is 1. The number of Topliss-reactive ketones (excluding diaryl/α,β-unsaturated/α-hetero) is 1. The molecule has 31 heavy (non-hydrogen) atoms. The third kappa shape index (κ3) is 3.99. The molecule has 0 aliphatic heterocycles. The van der Waals surface area contributed by atoms with Crippen LogP contribution in [0.3, 0.4) is 0 Å². The largest absolute Gasteiger partial charge is 0.483 e. The molecule has 0 bridgehead atoms. The molecule has 0 saturated heterocycles. The number of hydrogen-bond acceptors (Lipinski definition) is 6. The number of aromatic amines is 1. The van der Waals surface area contributed by atoms with Crippen molar-refractivity contribution in [1.82, 2.24) is 25.0 Å². The number of fused-ring (bicyclic) bond motifs is 1. The van der Waals surface area contributed by atoms with E-state index in [1.165, 1.54) is 0 Å². The Balaban J connectivity index is 1.89. The highest BCUT2D eigenvalue weighted by atomic mass is 35.5. The molecule has 0 aliphatic rings. The molecular weight excluding hydrogens is 420 g/mol. The highest BCUT2D eigenvalue weighted by Gasteiger charge is 2.27. The Hall–Kier alpha value is -3.72. The van der Waals surface area contributed by atoms with Gasteiger partial charge in [-0.3, -0.25) is 9.59 Å². The van der Waals surface area contributed by atoms with Gasteiger partial charge < -0.3 is 14.9 Å². The van der Waals surface area contributed by atoms with E-state index in [9.17, 15) is 9.59 Å². The standard InChI is InChI=1S/C21H19ClN6O3/c1-2-14-15(10-12-5-3-6-13(22)9-12)28-8-4-7-16(31-11-17-24-26-27-25-17)19(28)18(14)20(29)21(23)30/h3-9H,2,10-11H2,1H3,(H2,23,30)(H,24,25,26,27). The van der Waals surface area contributed by atoms with Gasteiger partial charge in [0, 0.05) is 23.3 Å². The van der Waals surface area contributed by atoms with Crippen LogP contribution in [0.25, 0.3) is 5.52 Å². The molecule has 0 atom stereocenters. The van der Waals surface area contributed by atoms with Gasteiger partial charge in [-0.25, -0.2) is 0 Å². The minimum Gasteiger partial charge on any atom is -0.483 e. The quantitative estimate of drug-likeness (QED) is 0.321. The number of carbonyl (C=O) groups is 2. The lowest BCUT2D eigenvalue weighted by atomic mass is 9.99. The van der Waals surface area contributed by atoms with E-state index >= 15 is 0 Å². The molecule has 3 aromatic heterocycles. The van der Waals surface area contributed by atoms with Crippen molar-refractivity contribution < 1.29 is 14.3 Å². The Morgan fingerprint density at radius 1 is 1.26 bits per heavy atom. The van der Waals surface area contributed by atoms with E-state index in [1.54, 1.807) is 18.2 Å². The SMILES string of the molecule is CCc1c(C(=O)C(N)=O)c2c(OCc3nn[nH]n3)cccn2c1Cc1cccc(Cl)c1. The first-order valence-electron chi connectivity index (χ1n) is 9.58. The molecule has 9 nitrogen and oxygen atoms in total. The zero-order valence-corrected chi connectivity index (χ0v) is 17.4. The number of hydrogen-bond donors (Lipinski definition) is 2. The lowest BCUT2D eigenvalue weighted by molar-refractivity contribution is -0.114. The normalized spacial score (nSPS) is 11.0. The number of amides is 1. The van der Waals surface area contributed by atoms with Crippen LogP contribution >= 0.6 is 11.6 Å². The van der Waals surface area contributed by atoms with Crippen LogP contribution in [-0.4, -0.2) is 36.7 Å². The van der Waals surface area contributed by atoms with Gasteiger partial charge in [-0.2, -0.15) is 5.21 Å². The predicted octanol–water partition coefficient (Wildman–Crippen LogP) is 2.51. The number of nitrogens with zero attached hydrogens (tertiary/aromatic N) is 4. The van der Waals surface area contributed by atoms with Crippen molar-refractivity contribution in [2.75, 3.05) is 0 Å². The molecule has 0 fully saturated rings. The van der Waals surface area contributed by atoms with E-state index < -0.39 is 11.7 Å². The zero-order chi connectivity index (χ0) is 22.0. The lowest BCUT2D eigenvalue weighted by Crippen LogP contribution is -2.24. The van der Waals surface area contributed by atoms with E-state index in [4.69, 9.17) is 22.1 Å². The summed E-state index contributed by atoms with van der Waals surface area (Å²) in [5.41, 5.74) is 8.66. The first-order chi connectivity index (χ1) is 15.0. The molecule has 0 radical (unpaired) electrons. The van der Waals surface area contributed by atoms with Gasteiger partial charge in [-0.1, -0.05) is 35.9 Å². The summed E-state index contributed by atoms with van der Waals surface area (Å²) in [5, 5.41) is 14.2. The number of H-pyrrole nitrogens is 1. The Bertz CT molecular complexity index is 1270. The maximum atomic E-state index is 12.8. The Morgan fingerprint density at radius 2 is 2.10 bits per heavy atom. The van der Waals surface area contributed by atoms with Gasteiger partial charge in [0.15, 0.2) is 6.61 Å². The third-order valence-corrected chi connectivity index (χ3v) is 5.18. The van der Waals surface area contributed by atoms with E-state index in [-0.39, 0.29) is 12.2 Å². The molecule has 4 aromatic rings. The smallest absolute Gasteiger partial charge is 0.289 e. The fraction of sp³-hybridized carbons (Fsp3) is 0.190. The molecule has 0 saturated carbocycles. The monoisotopic (exact) mass is 438 g/mol. The summed E-state index contributed by atoms with van der Waals surface area (Å²) in [5.74, 6) is -1.03. The molecule has 1 amide bonds. The summed E-state index contributed by atoms with van der Waals surface area (Å²) in [7, 11) is 0. The van der Waals surface area contributed by atoms with Gasteiger partial charge in [0.05, 0.1) is 11.1 Å². The molecule has 4 rings (SSSR count). The van der Waals surface area contributed by atoms with E-state index in [2.05, 4.69) is 20.6 Å². The van der Waals surface area contributed by atoms with Crippen LogP contribution in [0.2, 0.25) is 5.02 Å². The minimum atomic E-state index is -1.02. The number of nitrogens with two attached hydrogens (primary N) is 1. The first-order valence-corrected chi connectivity index (χ1v) is 9.95. The fourth-order valence-electron chi connectivity index (χ4n) is 3.67. The second kappa shape index (κ2) is 8.57. The molecule has 1 aromatic carbocycles. The lowest BCUT2D eigenvalue weighted by Gasteiger charge is -2.09. The summed E-state index contributed by atoms with van der Waals surface area (Å²) in [6.07, 6.45) is 2.86. The maximum absolute atomic E-state index is 12.8. The second-order valence-electron chi connectivity index (χ2n) is 6.86. The topological polar surface area (TPSA) is 128 Å². The molecule has 0 spiro atoms. The highest BCUT2D eigenvalue weighted by molar-refractivity contribution is 6.44. The van der Waals surface area contributed by atoms with E-state index in [0.29, 0.717) is 35.0 Å². The predicted molar refractivity (Wildman–Crippen MR) is 113 cm³/mol. The van der Waals surface area contributed by atoms with Crippen molar-refractivity contribution in [3.05, 3.63) is 75.8 Å². The number of halogens is 1. The number of primary amides is 1. The van der Waals surface area contributed by atoms with E-state index in [0.717, 1.165) is 16.8 Å². The summed E-state index contributed by atoms with van der Waals surface area (Å²) in [4.78, 5) is 24.7. The summed E-state index contributed by atoms with van der Waals surface area (Å²) in [6, 6.07) is 11.0. The van der Waals surface area contributed by atoms with Crippen molar-refractivity contribution in [2.45, 2.75) is 26.4 Å². The minimum absolute atomic E-state index is 0.0383. The fourth-order valence-corrected chi connectivity index (χ4v) is 3.89. The number of nitrogens with one attached hydrogen (secondary N) is 1. The van der Waals surface area contributed by atoms with Gasteiger partial charge in [-0.15, -0.1) is 10.2 Å². The number of rotatable bonds is 8. The van der Waals surface area contributed by atoms with Crippen molar-refractivity contribution in [1.29, 1.82) is 0 Å². The average Bonchev–Trinajstić information content (AvgIpc) is 3.38. The molecule has 158 valence electrons. The Morgan fingerprint density at radius 3 is 2.77 bits per heavy atom. The van der Waals surface area contributed by atoms with Crippen LogP contribution < -0.4 is 10.5 Å². The first kappa shape index (κ1) is 20.5. The second-order valence-corrected chi connectivity index (χ2v) is 7.30. The maximum Gasteiger partial charge on any atom is 0.289 e. The van der Waals surface area contributed by atoms with Gasteiger partial charge >= 0.3 is 0 Å². The average molecular weight is 439 g/mol. The number of carbonyl (C=O) groups excluding carboxylic acids is 2. The summed E-state index contributed by atoms with van der Waals surface area (Å²) >= 11 is 6.15. The van der Waals surface area contributed by atoms with Gasteiger partial charge in [0.1, 0.15) is 5.75 Å². The molecule has 3 heterocycles. The van der Waals surface area contributed by atoms with Crippen LogP contribution in [0.15, 0.2) is 42.6 Å². The molecule has 0 unspecified atom stereocenters. The van der Waals surface area contributed by atoms with Crippen molar-refractivity contribution in [3.63, 3.8) is 0 Å². The molecule has 10 heteroatoms. The molecule has 0 aliphatic carbocycles. The molecular formula is C21H19ClN6O3. The third-order valence-electron chi connectivity index (χ3n) is 4.95. The zero-order valence-electron chi connectivity index (χ0n) is 16.6. The van der Waals surface area contributed by atoms with E-state index in [1.807, 2.05) is 35.7 Å². The van der Waals surface area contributed by atoms with Crippen molar-refractivity contribution in [2.24, 2.45) is 5.73 Å². The van der Waals surface area contributed by atoms with Crippen LogP contribution in [0.4, 0.5) is 0 Å². The Labute approximate surface area is 182 Å². The van der Waals surface area contributed by atoms with Gasteiger partial charge in [-0.05, 0) is 41.8 Å². The van der Waals surface area contributed by atoms with Crippen LogP contribution in [0.1, 0.15) is 39.9 Å². The number of ether oxygens (including phenoxy) is 1. The van der Waals surface area contributed by atoms with Crippen LogP contribution in [0, 0.1) is 0 Å². The van der Waals surface area contributed by atoms with Gasteiger partial charge in [0.2, 0.25) is 5.82 Å². The summed E-state index contributed by atoms with van der Waals surface area (Å²) in [6.45, 7) is 1.96. The number of aromatic nitrogens is 5. The number of tetrazole rings is 1. The number of pyridine rings is 1. The molecule has 3 N–H and O–H groups in total. The van der Waals surface area contributed by atoms with Gasteiger partial charge in [0.25, 0.3) is 11.7 Å². The van der Waals surface area contributed by atoms with Crippen molar-refractivity contribution in [3.8, 4) is 5.75 Å². The number of ketones is 1. The Kier molecular flexibility index (Phi) is 5.68.